The van der Waals surface area contributed by atoms with Gasteiger partial charge in [0, 0.05) is 31.1 Å². The Kier molecular flexibility index (Phi) is 3.90. The Morgan fingerprint density at radius 1 is 1.05 bits per heavy atom. The summed E-state index contributed by atoms with van der Waals surface area (Å²) >= 11 is 0. The predicted molar refractivity (Wildman–Crippen MR) is 89.0 cm³/mol. The molecule has 120 valence electrons. The predicted octanol–water partition coefficient (Wildman–Crippen LogP) is 2.29. The van der Waals surface area contributed by atoms with E-state index in [1.807, 2.05) is 0 Å². The smallest absolute Gasteiger partial charge is 0.222 e. The van der Waals surface area contributed by atoms with E-state index in [4.69, 9.17) is 5.73 Å². The Balaban J connectivity index is 1.55. The van der Waals surface area contributed by atoms with Gasteiger partial charge >= 0.3 is 0 Å². The lowest BCUT2D eigenvalue weighted by molar-refractivity contribution is 0.340. The van der Waals surface area contributed by atoms with Crippen LogP contribution in [0.25, 0.3) is 0 Å². The molecule has 4 rings (SSSR count). The van der Waals surface area contributed by atoms with Gasteiger partial charge in [-0.3, -0.25) is 0 Å². The van der Waals surface area contributed by atoms with E-state index in [2.05, 4.69) is 26.3 Å². The van der Waals surface area contributed by atoms with Gasteiger partial charge in [0.05, 0.1) is 5.69 Å². The number of hydrogen-bond acceptors (Lipinski definition) is 5. The molecule has 1 aliphatic carbocycles. The SMILES string of the molecule is Nc1nc(C2CCCCC2)cc(N2CC3CCCNC3C2)n1. The normalized spacial score (nSPS) is 29.5. The largest absolute Gasteiger partial charge is 0.368 e. The van der Waals surface area contributed by atoms with Crippen LogP contribution in [0.2, 0.25) is 0 Å². The monoisotopic (exact) mass is 301 g/mol. The highest BCUT2D eigenvalue weighted by molar-refractivity contribution is 5.46. The second-order valence-electron chi connectivity index (χ2n) is 7.21. The Morgan fingerprint density at radius 2 is 1.91 bits per heavy atom. The molecule has 3 fully saturated rings. The first kappa shape index (κ1) is 14.2. The van der Waals surface area contributed by atoms with E-state index in [0.29, 0.717) is 17.9 Å². The number of nitrogens with zero attached hydrogens (tertiary/aromatic N) is 3. The third-order valence-corrected chi connectivity index (χ3v) is 5.70. The van der Waals surface area contributed by atoms with Gasteiger partial charge in [-0.15, -0.1) is 0 Å². The number of anilines is 2. The lowest BCUT2D eigenvalue weighted by atomic mass is 9.87. The summed E-state index contributed by atoms with van der Waals surface area (Å²) in [5, 5.41) is 3.66. The molecule has 5 heteroatoms. The van der Waals surface area contributed by atoms with E-state index in [1.54, 1.807) is 0 Å². The maximum atomic E-state index is 6.02. The first-order valence-corrected chi connectivity index (χ1v) is 8.92. The molecule has 1 aromatic rings. The van der Waals surface area contributed by atoms with Gasteiger partial charge in [-0.1, -0.05) is 19.3 Å². The summed E-state index contributed by atoms with van der Waals surface area (Å²) in [4.78, 5) is 11.5. The van der Waals surface area contributed by atoms with Crippen molar-refractivity contribution >= 4 is 11.8 Å². The van der Waals surface area contributed by atoms with Crippen molar-refractivity contribution in [3.63, 3.8) is 0 Å². The molecule has 22 heavy (non-hydrogen) atoms. The van der Waals surface area contributed by atoms with Crippen molar-refractivity contribution in [2.75, 3.05) is 30.3 Å². The summed E-state index contributed by atoms with van der Waals surface area (Å²) in [7, 11) is 0. The van der Waals surface area contributed by atoms with Crippen LogP contribution in [0.4, 0.5) is 11.8 Å². The molecule has 3 aliphatic rings. The summed E-state index contributed by atoms with van der Waals surface area (Å²) < 4.78 is 0. The zero-order valence-corrected chi connectivity index (χ0v) is 13.3. The Hall–Kier alpha value is -1.36. The minimum Gasteiger partial charge on any atom is -0.368 e. The van der Waals surface area contributed by atoms with Gasteiger partial charge < -0.3 is 16.0 Å². The van der Waals surface area contributed by atoms with Crippen molar-refractivity contribution in [2.45, 2.75) is 56.9 Å². The lowest BCUT2D eigenvalue weighted by Crippen LogP contribution is -2.40. The number of hydrogen-bond donors (Lipinski definition) is 2. The third-order valence-electron chi connectivity index (χ3n) is 5.70. The molecular formula is C17H27N5. The van der Waals surface area contributed by atoms with Crippen molar-refractivity contribution < 1.29 is 0 Å². The second kappa shape index (κ2) is 6.03. The van der Waals surface area contributed by atoms with Gasteiger partial charge in [0.1, 0.15) is 5.82 Å². The van der Waals surface area contributed by atoms with Crippen LogP contribution in [0, 0.1) is 5.92 Å². The number of fused-ring (bicyclic) bond motifs is 1. The number of piperidine rings is 1. The number of aromatic nitrogens is 2. The first-order chi connectivity index (χ1) is 10.8. The second-order valence-corrected chi connectivity index (χ2v) is 7.21. The van der Waals surface area contributed by atoms with Crippen molar-refractivity contribution in [3.8, 4) is 0 Å². The van der Waals surface area contributed by atoms with Crippen LogP contribution in [0.3, 0.4) is 0 Å². The van der Waals surface area contributed by atoms with Crippen LogP contribution in [-0.4, -0.2) is 35.6 Å². The average Bonchev–Trinajstić information content (AvgIpc) is 2.99. The molecule has 5 nitrogen and oxygen atoms in total. The van der Waals surface area contributed by atoms with Gasteiger partial charge in [0.15, 0.2) is 0 Å². The molecule has 0 amide bonds. The summed E-state index contributed by atoms with van der Waals surface area (Å²) in [6.07, 6.45) is 9.15. The number of rotatable bonds is 2. The van der Waals surface area contributed by atoms with Crippen molar-refractivity contribution in [1.29, 1.82) is 0 Å². The summed E-state index contributed by atoms with van der Waals surface area (Å²) in [5.41, 5.74) is 7.19. The molecule has 0 radical (unpaired) electrons. The van der Waals surface area contributed by atoms with Crippen LogP contribution in [0.5, 0.6) is 0 Å². The molecule has 0 spiro atoms. The van der Waals surface area contributed by atoms with Crippen LogP contribution in [-0.2, 0) is 0 Å². The maximum Gasteiger partial charge on any atom is 0.222 e. The first-order valence-electron chi connectivity index (χ1n) is 8.92. The Morgan fingerprint density at radius 3 is 2.73 bits per heavy atom. The van der Waals surface area contributed by atoms with Gasteiger partial charge in [-0.2, -0.15) is 4.98 Å². The summed E-state index contributed by atoms with van der Waals surface area (Å²) in [5.74, 6) is 2.84. The highest BCUT2D eigenvalue weighted by Gasteiger charge is 2.35. The summed E-state index contributed by atoms with van der Waals surface area (Å²) in [6.45, 7) is 3.33. The lowest BCUT2D eigenvalue weighted by Gasteiger charge is -2.24. The summed E-state index contributed by atoms with van der Waals surface area (Å²) in [6, 6.07) is 2.84. The third kappa shape index (κ3) is 2.78. The molecule has 1 saturated carbocycles. The zero-order valence-electron chi connectivity index (χ0n) is 13.3. The van der Waals surface area contributed by atoms with E-state index >= 15 is 0 Å². The highest BCUT2D eigenvalue weighted by Crippen LogP contribution is 2.34. The van der Waals surface area contributed by atoms with E-state index in [9.17, 15) is 0 Å². The van der Waals surface area contributed by atoms with Crippen LogP contribution < -0.4 is 16.0 Å². The Bertz CT molecular complexity index is 512. The highest BCUT2D eigenvalue weighted by atomic mass is 15.3. The topological polar surface area (TPSA) is 67.1 Å². The fourth-order valence-electron chi connectivity index (χ4n) is 4.47. The van der Waals surface area contributed by atoms with Gasteiger partial charge in [-0.25, -0.2) is 4.98 Å². The molecule has 2 aliphatic heterocycles. The number of nitrogens with one attached hydrogen (secondary N) is 1. The van der Waals surface area contributed by atoms with Gasteiger partial charge in [-0.05, 0) is 38.1 Å². The van der Waals surface area contributed by atoms with E-state index in [1.165, 1.54) is 50.6 Å². The van der Waals surface area contributed by atoms with Crippen LogP contribution in [0.15, 0.2) is 6.07 Å². The molecular weight excluding hydrogens is 274 g/mol. The van der Waals surface area contributed by atoms with E-state index in [0.717, 1.165) is 31.4 Å². The van der Waals surface area contributed by atoms with Crippen LogP contribution >= 0.6 is 0 Å². The minimum absolute atomic E-state index is 0.445. The van der Waals surface area contributed by atoms with Crippen molar-refractivity contribution in [2.24, 2.45) is 5.92 Å². The maximum absolute atomic E-state index is 6.02. The van der Waals surface area contributed by atoms with E-state index in [-0.39, 0.29) is 0 Å². The Labute approximate surface area is 132 Å². The molecule has 2 atom stereocenters. The van der Waals surface area contributed by atoms with Crippen LogP contribution in [0.1, 0.15) is 56.6 Å². The van der Waals surface area contributed by atoms with Gasteiger partial charge in [0.25, 0.3) is 0 Å². The number of nitrogen functional groups attached to an aromatic ring is 1. The molecule has 0 aromatic carbocycles. The van der Waals surface area contributed by atoms with Gasteiger partial charge in [0.2, 0.25) is 5.95 Å². The molecule has 1 aromatic heterocycles. The van der Waals surface area contributed by atoms with E-state index < -0.39 is 0 Å². The molecule has 0 bridgehead atoms. The minimum atomic E-state index is 0.445. The molecule has 2 unspecified atom stereocenters. The standard InChI is InChI=1S/C17H27N5/c18-17-20-14(12-5-2-1-3-6-12)9-16(21-17)22-10-13-7-4-8-19-15(13)11-22/h9,12-13,15,19H,1-8,10-11H2,(H2,18,20,21). The quantitative estimate of drug-likeness (QED) is 0.877. The van der Waals surface area contributed by atoms with Crippen molar-refractivity contribution in [1.82, 2.24) is 15.3 Å². The zero-order chi connectivity index (χ0) is 14.9. The fraction of sp³-hybridized carbons (Fsp3) is 0.765. The number of nitrogens with two attached hydrogens (primary N) is 1. The molecule has 3 heterocycles. The molecule has 2 saturated heterocycles. The average molecular weight is 301 g/mol. The fourth-order valence-corrected chi connectivity index (χ4v) is 4.47. The molecule has 3 N–H and O–H groups in total. The van der Waals surface area contributed by atoms with Crippen molar-refractivity contribution in [3.05, 3.63) is 11.8 Å².